The minimum atomic E-state index is 0.185. The maximum atomic E-state index is 12.5. The maximum absolute atomic E-state index is 12.5. The van der Waals surface area contributed by atoms with Gasteiger partial charge in [-0.25, -0.2) is 0 Å². The molecule has 0 saturated carbocycles. The number of furan rings is 2. The second kappa shape index (κ2) is 14.4. The molecule has 0 aliphatic heterocycles. The summed E-state index contributed by atoms with van der Waals surface area (Å²) in [5.41, 5.74) is 13.9. The number of phenols is 1. The minimum Gasteiger partial charge on any atom is -0.505 e. The molecule has 1 unspecified atom stereocenters. The van der Waals surface area contributed by atoms with Gasteiger partial charge in [0.1, 0.15) is 17.1 Å². The fourth-order valence-corrected chi connectivity index (χ4v) is 9.48. The van der Waals surface area contributed by atoms with E-state index in [1.54, 1.807) is 0 Å². The van der Waals surface area contributed by atoms with Crippen molar-refractivity contribution >= 4 is 83.9 Å². The van der Waals surface area contributed by atoms with E-state index in [4.69, 9.17) is 8.83 Å². The highest BCUT2D eigenvalue weighted by Crippen LogP contribution is 2.56. The van der Waals surface area contributed by atoms with Gasteiger partial charge in [-0.15, -0.1) is 0 Å². The van der Waals surface area contributed by atoms with Crippen LogP contribution in [0.4, 0.5) is 34.1 Å². The molecule has 0 radical (unpaired) electrons. The standard InChI is InChI=1S/C56H44N2O3/c1-34-15-9-19-38(31-34)41-25-13-28-47(53(41)59)57(39-20-10-16-35(2)32-39)52-43-23-6-5-22-42(43)51(50-46-24-7-8-30-49(46)60-56(50)52)58(40-21-11-17-36(3)33-40)48-29-14-27-45-44-26-12-18-37(4)54(44)61-55(45)48/h5-17,19-33,37,59H,18H2,1-4H3. The molecule has 0 bridgehead atoms. The number of hydrogen-bond donors (Lipinski definition) is 1. The van der Waals surface area contributed by atoms with Crippen LogP contribution in [0.15, 0.2) is 173 Å². The van der Waals surface area contributed by atoms with E-state index >= 15 is 0 Å². The molecule has 1 aliphatic carbocycles. The first-order valence-corrected chi connectivity index (χ1v) is 21.0. The Kier molecular flexibility index (Phi) is 8.60. The zero-order chi connectivity index (χ0) is 41.4. The molecule has 1 aliphatic rings. The minimum absolute atomic E-state index is 0.185. The van der Waals surface area contributed by atoms with Crippen LogP contribution in [0.5, 0.6) is 5.75 Å². The Balaban J connectivity index is 1.29. The first-order valence-electron chi connectivity index (χ1n) is 21.0. The summed E-state index contributed by atoms with van der Waals surface area (Å²) < 4.78 is 14.2. The van der Waals surface area contributed by atoms with Crippen molar-refractivity contribution < 1.29 is 13.9 Å². The number of aryl methyl sites for hydroxylation is 3. The summed E-state index contributed by atoms with van der Waals surface area (Å²) in [7, 11) is 0. The number of para-hydroxylation sites is 3. The van der Waals surface area contributed by atoms with Gasteiger partial charge >= 0.3 is 0 Å². The Morgan fingerprint density at radius 3 is 1.85 bits per heavy atom. The number of fused-ring (bicyclic) bond motifs is 7. The van der Waals surface area contributed by atoms with Crippen LogP contribution in [0, 0.1) is 20.8 Å². The Labute approximate surface area is 355 Å². The number of anilines is 6. The largest absolute Gasteiger partial charge is 0.505 e. The van der Waals surface area contributed by atoms with E-state index < -0.39 is 0 Å². The van der Waals surface area contributed by atoms with Crippen LogP contribution in [0.3, 0.4) is 0 Å². The molecule has 0 amide bonds. The van der Waals surface area contributed by atoms with Gasteiger partial charge in [-0.2, -0.15) is 0 Å². The molecule has 5 heteroatoms. The van der Waals surface area contributed by atoms with E-state index in [-0.39, 0.29) is 11.7 Å². The molecular weight excluding hydrogens is 749 g/mol. The van der Waals surface area contributed by atoms with Crippen LogP contribution in [0.1, 0.15) is 47.3 Å². The zero-order valence-electron chi connectivity index (χ0n) is 34.6. The third-order valence-electron chi connectivity index (χ3n) is 12.3. The first-order chi connectivity index (χ1) is 29.8. The monoisotopic (exact) mass is 792 g/mol. The van der Waals surface area contributed by atoms with Crippen molar-refractivity contribution in [2.24, 2.45) is 0 Å². The lowest BCUT2D eigenvalue weighted by atomic mass is 9.94. The molecule has 5 nitrogen and oxygen atoms in total. The average molecular weight is 793 g/mol. The topological polar surface area (TPSA) is 53.0 Å². The molecule has 0 saturated heterocycles. The van der Waals surface area contributed by atoms with Gasteiger partial charge in [0, 0.05) is 50.0 Å². The van der Waals surface area contributed by atoms with Crippen LogP contribution < -0.4 is 9.80 Å². The molecule has 0 spiro atoms. The van der Waals surface area contributed by atoms with E-state index in [0.717, 1.165) is 112 Å². The van der Waals surface area contributed by atoms with Crippen molar-refractivity contribution in [3.05, 3.63) is 192 Å². The van der Waals surface area contributed by atoms with Gasteiger partial charge in [0.05, 0.1) is 28.1 Å². The molecule has 61 heavy (non-hydrogen) atoms. The lowest BCUT2D eigenvalue weighted by molar-refractivity contribution is 0.478. The van der Waals surface area contributed by atoms with E-state index in [9.17, 15) is 5.11 Å². The number of hydrogen-bond acceptors (Lipinski definition) is 5. The van der Waals surface area contributed by atoms with Crippen molar-refractivity contribution in [1.82, 2.24) is 0 Å². The van der Waals surface area contributed by atoms with Crippen molar-refractivity contribution in [3.8, 4) is 16.9 Å². The molecule has 0 fully saturated rings. The molecule has 296 valence electrons. The highest BCUT2D eigenvalue weighted by atomic mass is 16.3. The molecular formula is C56H44N2O3. The molecule has 1 atom stereocenters. The number of aromatic hydroxyl groups is 1. The summed E-state index contributed by atoms with van der Waals surface area (Å²) >= 11 is 0. The van der Waals surface area contributed by atoms with Gasteiger partial charge < -0.3 is 23.7 Å². The van der Waals surface area contributed by atoms with Gasteiger partial charge in [0.25, 0.3) is 0 Å². The van der Waals surface area contributed by atoms with Gasteiger partial charge in [0.15, 0.2) is 11.2 Å². The van der Waals surface area contributed by atoms with E-state index in [1.165, 1.54) is 0 Å². The Morgan fingerprint density at radius 1 is 0.541 bits per heavy atom. The molecule has 2 heterocycles. The lowest BCUT2D eigenvalue weighted by Crippen LogP contribution is -2.15. The van der Waals surface area contributed by atoms with Crippen molar-refractivity contribution in [2.45, 2.75) is 40.0 Å². The quantitative estimate of drug-likeness (QED) is 0.163. The van der Waals surface area contributed by atoms with Gasteiger partial charge in [-0.05, 0) is 86.3 Å². The van der Waals surface area contributed by atoms with Gasteiger partial charge in [0.2, 0.25) is 0 Å². The summed E-state index contributed by atoms with van der Waals surface area (Å²) in [5, 5.41) is 17.6. The summed E-state index contributed by atoms with van der Waals surface area (Å²) in [6, 6.07) is 54.9. The number of allylic oxidation sites excluding steroid dienone is 1. The molecule has 10 aromatic rings. The molecule has 11 rings (SSSR count). The van der Waals surface area contributed by atoms with Crippen molar-refractivity contribution in [2.75, 3.05) is 9.80 Å². The van der Waals surface area contributed by atoms with Crippen molar-refractivity contribution in [3.63, 3.8) is 0 Å². The summed E-state index contributed by atoms with van der Waals surface area (Å²) in [6.45, 7) is 8.56. The number of phenolic OH excluding ortho intramolecular Hbond substituents is 1. The normalized spacial score (nSPS) is 13.7. The SMILES string of the molecule is Cc1cccc(-c2cccc(N(c3cccc(C)c3)c3c4ccccc4c(N(c4cccc(C)c4)c4cccc5c6c(oc45)C(C)CC=C6)c4c3oc3ccccc34)c2O)c1. The summed E-state index contributed by atoms with van der Waals surface area (Å²) in [6.07, 6.45) is 5.42. The fraction of sp³-hybridized carbons (Fsp3) is 0.107. The summed E-state index contributed by atoms with van der Waals surface area (Å²) in [4.78, 5) is 4.56. The van der Waals surface area contributed by atoms with Gasteiger partial charge in [-0.3, -0.25) is 0 Å². The highest BCUT2D eigenvalue weighted by Gasteiger charge is 2.32. The Hall–Kier alpha value is -7.50. The maximum Gasteiger partial charge on any atom is 0.162 e. The van der Waals surface area contributed by atoms with Gasteiger partial charge in [-0.1, -0.05) is 140 Å². The average Bonchev–Trinajstić information content (AvgIpc) is 3.85. The summed E-state index contributed by atoms with van der Waals surface area (Å²) in [5.74, 6) is 1.48. The molecule has 8 aromatic carbocycles. The second-order valence-electron chi connectivity index (χ2n) is 16.5. The fourth-order valence-electron chi connectivity index (χ4n) is 9.48. The van der Waals surface area contributed by atoms with Crippen LogP contribution in [0.25, 0.3) is 60.9 Å². The number of nitrogens with zero attached hydrogens (tertiary/aromatic N) is 2. The van der Waals surface area contributed by atoms with Crippen molar-refractivity contribution in [1.29, 1.82) is 0 Å². The van der Waals surface area contributed by atoms with E-state index in [0.29, 0.717) is 11.3 Å². The van der Waals surface area contributed by atoms with Crippen LogP contribution in [-0.2, 0) is 0 Å². The lowest BCUT2D eigenvalue weighted by Gasteiger charge is -2.32. The second-order valence-corrected chi connectivity index (χ2v) is 16.5. The van der Waals surface area contributed by atoms with Crippen LogP contribution >= 0.6 is 0 Å². The zero-order valence-corrected chi connectivity index (χ0v) is 34.6. The molecule has 1 N–H and O–H groups in total. The van der Waals surface area contributed by atoms with E-state index in [1.807, 2.05) is 36.4 Å². The highest BCUT2D eigenvalue weighted by molar-refractivity contribution is 6.28. The van der Waals surface area contributed by atoms with E-state index in [2.05, 4.69) is 171 Å². The number of rotatable bonds is 7. The third kappa shape index (κ3) is 5.91. The predicted octanol–water partition coefficient (Wildman–Crippen LogP) is 16.2. The van der Waals surface area contributed by atoms with Crippen LogP contribution in [0.2, 0.25) is 0 Å². The smallest absolute Gasteiger partial charge is 0.162 e. The number of benzene rings is 8. The van der Waals surface area contributed by atoms with Crippen LogP contribution in [-0.4, -0.2) is 5.11 Å². The first kappa shape index (κ1) is 36.6. The Morgan fingerprint density at radius 2 is 1.13 bits per heavy atom. The Bertz CT molecular complexity index is 3390. The third-order valence-corrected chi connectivity index (χ3v) is 12.3. The predicted molar refractivity (Wildman–Crippen MR) is 254 cm³/mol. The molecule has 2 aromatic heterocycles.